The van der Waals surface area contributed by atoms with Crippen molar-refractivity contribution < 1.29 is 38.7 Å². The second-order valence-corrected chi connectivity index (χ2v) is 10.5. The number of carbonyl (C=O) groups is 4. The van der Waals surface area contributed by atoms with Crippen molar-refractivity contribution in [3.8, 4) is 11.5 Å². The number of hydrogen-bond acceptors (Lipinski definition) is 10. The molecular formula is C28H36N2O8S. The van der Waals surface area contributed by atoms with Gasteiger partial charge in [0, 0.05) is 42.9 Å². The Kier molecular flexibility index (Phi) is 11.3. The highest BCUT2D eigenvalue weighted by molar-refractivity contribution is 7.14. The number of nitrogens with one attached hydrogen (secondary N) is 2. The zero-order chi connectivity index (χ0) is 28.4. The summed E-state index contributed by atoms with van der Waals surface area (Å²) in [5, 5.41) is 6.06. The van der Waals surface area contributed by atoms with E-state index in [1.54, 1.807) is 6.07 Å². The summed E-state index contributed by atoms with van der Waals surface area (Å²) >= 11 is 1.45. The first kappa shape index (κ1) is 30.1. The van der Waals surface area contributed by atoms with Gasteiger partial charge in [-0.05, 0) is 55.4 Å². The maximum Gasteiger partial charge on any atom is 0.352 e. The third-order valence-corrected chi connectivity index (χ3v) is 7.39. The minimum atomic E-state index is -0.709. The van der Waals surface area contributed by atoms with Gasteiger partial charge in [-0.15, -0.1) is 11.3 Å². The normalized spacial score (nSPS) is 12.3. The first-order chi connectivity index (χ1) is 18.7. The topological polar surface area (TPSA) is 129 Å². The molecule has 2 heterocycles. The average Bonchev–Trinajstić information content (AvgIpc) is 3.35. The molecule has 3 rings (SSSR count). The first-order valence-electron chi connectivity index (χ1n) is 13.3. The fourth-order valence-corrected chi connectivity index (χ4v) is 5.41. The van der Waals surface area contributed by atoms with Crippen LogP contribution in [0, 0.1) is 0 Å². The molecule has 0 saturated carbocycles. The van der Waals surface area contributed by atoms with Gasteiger partial charge in [-0.25, -0.2) is 9.59 Å². The highest BCUT2D eigenvalue weighted by Gasteiger charge is 2.27. The smallest absolute Gasteiger partial charge is 0.344 e. The molecule has 10 nitrogen and oxygen atoms in total. The number of carbonyl (C=O) groups excluding carboxylic acids is 4. The summed E-state index contributed by atoms with van der Waals surface area (Å²) in [5.41, 5.74) is 2.62. The monoisotopic (exact) mass is 560 g/mol. The Morgan fingerprint density at radius 2 is 1.67 bits per heavy atom. The lowest BCUT2D eigenvalue weighted by Gasteiger charge is -2.20. The predicted octanol–water partition coefficient (Wildman–Crippen LogP) is 4.41. The summed E-state index contributed by atoms with van der Waals surface area (Å²) in [6, 6.07) is 3.43. The number of ketones is 1. The van der Waals surface area contributed by atoms with Crippen LogP contribution in [-0.4, -0.2) is 36.7 Å². The van der Waals surface area contributed by atoms with E-state index in [0.29, 0.717) is 40.8 Å². The number of hydrogen-bond donors (Lipinski definition) is 2. The third kappa shape index (κ3) is 8.27. The minimum Gasteiger partial charge on any atom is -0.344 e. The van der Waals surface area contributed by atoms with Crippen LogP contribution in [0.4, 0.5) is 0 Å². The van der Waals surface area contributed by atoms with Gasteiger partial charge in [0.1, 0.15) is 0 Å². The Balaban J connectivity index is 1.97. The Morgan fingerprint density at radius 1 is 0.974 bits per heavy atom. The summed E-state index contributed by atoms with van der Waals surface area (Å²) in [5.74, 6) is -2.02. The number of benzene rings is 1. The number of thiophene rings is 1. The quantitative estimate of drug-likeness (QED) is 0.196. The van der Waals surface area contributed by atoms with Crippen molar-refractivity contribution in [3.05, 3.63) is 44.1 Å². The van der Waals surface area contributed by atoms with Crippen LogP contribution in [0.5, 0.6) is 11.5 Å². The Morgan fingerprint density at radius 3 is 2.33 bits per heavy atom. The largest absolute Gasteiger partial charge is 0.352 e. The van der Waals surface area contributed by atoms with Crippen LogP contribution in [0.3, 0.4) is 0 Å². The molecule has 11 heteroatoms. The van der Waals surface area contributed by atoms with E-state index in [2.05, 4.69) is 10.6 Å². The highest BCUT2D eigenvalue weighted by Crippen LogP contribution is 2.39. The molecule has 0 unspecified atom stereocenters. The van der Waals surface area contributed by atoms with E-state index < -0.39 is 11.9 Å². The van der Waals surface area contributed by atoms with Gasteiger partial charge in [0.05, 0.1) is 11.4 Å². The molecule has 0 bridgehead atoms. The molecule has 39 heavy (non-hydrogen) atoms. The molecule has 2 N–H and O–H groups in total. The Labute approximate surface area is 232 Å². The summed E-state index contributed by atoms with van der Waals surface area (Å²) in [7, 11) is 0. The van der Waals surface area contributed by atoms with Crippen LogP contribution in [0.25, 0.3) is 0 Å². The van der Waals surface area contributed by atoms with Gasteiger partial charge < -0.3 is 10.6 Å². The van der Waals surface area contributed by atoms with Crippen LogP contribution >= 0.6 is 11.3 Å². The first-order valence-corrected chi connectivity index (χ1v) is 14.1. The maximum atomic E-state index is 13.7. The lowest BCUT2D eigenvalue weighted by molar-refractivity contribution is -0.223. The molecule has 0 radical (unpaired) electrons. The van der Waals surface area contributed by atoms with E-state index in [1.807, 2.05) is 19.9 Å². The van der Waals surface area contributed by atoms with E-state index in [4.69, 9.17) is 19.6 Å². The number of Topliss-reactive ketones (excluding diaryl/α,β-unsaturated/α-hetero) is 1. The molecular weight excluding hydrogens is 524 g/mol. The van der Waals surface area contributed by atoms with Crippen molar-refractivity contribution in [2.45, 2.75) is 79.2 Å². The summed E-state index contributed by atoms with van der Waals surface area (Å²) < 4.78 is 0. The molecule has 1 aliphatic heterocycles. The standard InChI is InChI=1S/C28H36N2O8S/c1-5-7-9-19-13-23(37-35-17(3)31)27(38-36-18(4)32)21(10-8-6-2)26(19)22(33)16-30-28(34)25-14-20-15-29-12-11-24(20)39-25/h13-14,29H,5-12,15-16H2,1-4H3,(H,30,34). The molecule has 1 aliphatic rings. The molecule has 0 spiro atoms. The molecule has 0 aliphatic carbocycles. The lowest BCUT2D eigenvalue weighted by Crippen LogP contribution is -2.30. The summed E-state index contributed by atoms with van der Waals surface area (Å²) in [6.45, 7) is 7.77. The SMILES string of the molecule is CCCCc1cc(OOC(C)=O)c(OOC(C)=O)c(CCCC)c1C(=O)CNC(=O)c1cc2c(s1)CCNC2. The van der Waals surface area contributed by atoms with Crippen LogP contribution in [-0.2, 0) is 45.2 Å². The fourth-order valence-electron chi connectivity index (χ4n) is 4.31. The van der Waals surface area contributed by atoms with Crippen molar-refractivity contribution in [2.75, 3.05) is 13.1 Å². The molecule has 2 aromatic rings. The number of rotatable bonds is 14. The number of aryl methyl sites for hydroxylation is 1. The zero-order valence-electron chi connectivity index (χ0n) is 22.9. The summed E-state index contributed by atoms with van der Waals surface area (Å²) in [4.78, 5) is 71.5. The van der Waals surface area contributed by atoms with Crippen LogP contribution < -0.4 is 20.4 Å². The van der Waals surface area contributed by atoms with Gasteiger partial charge in [0.25, 0.3) is 5.91 Å². The third-order valence-electron chi connectivity index (χ3n) is 6.15. The van der Waals surface area contributed by atoms with Crippen LogP contribution in [0.2, 0.25) is 0 Å². The molecule has 1 aromatic heterocycles. The number of unbranched alkanes of at least 4 members (excludes halogenated alkanes) is 2. The predicted molar refractivity (Wildman–Crippen MR) is 145 cm³/mol. The summed E-state index contributed by atoms with van der Waals surface area (Å²) in [6.07, 6.45) is 4.99. The van der Waals surface area contributed by atoms with Crippen molar-refractivity contribution in [2.24, 2.45) is 0 Å². The van der Waals surface area contributed by atoms with Crippen molar-refractivity contribution >= 4 is 35.0 Å². The van der Waals surface area contributed by atoms with E-state index in [0.717, 1.165) is 44.3 Å². The van der Waals surface area contributed by atoms with E-state index in [-0.39, 0.29) is 29.7 Å². The highest BCUT2D eigenvalue weighted by atomic mass is 32.1. The zero-order valence-corrected chi connectivity index (χ0v) is 23.7. The molecule has 0 saturated heterocycles. The van der Waals surface area contributed by atoms with Crippen LogP contribution in [0.1, 0.15) is 95.0 Å². The van der Waals surface area contributed by atoms with Gasteiger partial charge >= 0.3 is 11.9 Å². The van der Waals surface area contributed by atoms with Gasteiger partial charge in [-0.2, -0.15) is 0 Å². The molecule has 1 aromatic carbocycles. The van der Waals surface area contributed by atoms with E-state index in [9.17, 15) is 19.2 Å². The van der Waals surface area contributed by atoms with Gasteiger partial charge in [-0.3, -0.25) is 29.1 Å². The molecule has 212 valence electrons. The van der Waals surface area contributed by atoms with Gasteiger partial charge in [-0.1, -0.05) is 26.7 Å². The lowest BCUT2D eigenvalue weighted by atomic mass is 9.90. The maximum absolute atomic E-state index is 13.7. The molecule has 0 atom stereocenters. The average molecular weight is 561 g/mol. The Hall–Kier alpha value is -3.44. The van der Waals surface area contributed by atoms with Gasteiger partial charge in [0.15, 0.2) is 5.78 Å². The second kappa shape index (κ2) is 14.6. The number of fused-ring (bicyclic) bond motifs is 1. The van der Waals surface area contributed by atoms with E-state index >= 15 is 0 Å². The number of amides is 1. The van der Waals surface area contributed by atoms with Crippen LogP contribution in [0.15, 0.2) is 12.1 Å². The fraction of sp³-hybridized carbons (Fsp3) is 0.500. The molecule has 0 fully saturated rings. The van der Waals surface area contributed by atoms with E-state index in [1.165, 1.54) is 30.1 Å². The molecule has 1 amide bonds. The second-order valence-electron chi connectivity index (χ2n) is 9.33. The van der Waals surface area contributed by atoms with Crippen molar-refractivity contribution in [3.63, 3.8) is 0 Å². The van der Waals surface area contributed by atoms with Gasteiger partial charge in [0.2, 0.25) is 11.5 Å². The Bertz CT molecular complexity index is 1180. The minimum absolute atomic E-state index is 0.0158. The van der Waals surface area contributed by atoms with Crippen molar-refractivity contribution in [1.82, 2.24) is 10.6 Å². The van der Waals surface area contributed by atoms with Crippen molar-refractivity contribution in [1.29, 1.82) is 0 Å².